The molecule has 1 saturated carbocycles. The summed E-state index contributed by atoms with van der Waals surface area (Å²) in [5.74, 6) is -2.81. The minimum Gasteiger partial charge on any atom is -0.369 e. The molecule has 6 heteroatoms. The zero-order valence-corrected chi connectivity index (χ0v) is 14.5. The van der Waals surface area contributed by atoms with Gasteiger partial charge in [0.05, 0.1) is 17.5 Å². The summed E-state index contributed by atoms with van der Waals surface area (Å²) in [6.07, 6.45) is 9.47. The molecule has 1 heterocycles. The van der Waals surface area contributed by atoms with Crippen LogP contribution >= 0.6 is 0 Å². The van der Waals surface area contributed by atoms with E-state index < -0.39 is 17.8 Å². The number of allylic oxidation sites excluding steroid dienone is 2. The molecule has 1 aliphatic carbocycles. The lowest BCUT2D eigenvalue weighted by molar-refractivity contribution is -0.118. The molecule has 0 bridgehead atoms. The molecule has 0 aromatic carbocycles. The van der Waals surface area contributed by atoms with Crippen molar-refractivity contribution in [2.75, 3.05) is 0 Å². The van der Waals surface area contributed by atoms with E-state index in [-0.39, 0.29) is 11.8 Å². The molecule has 5 nitrogen and oxygen atoms in total. The van der Waals surface area contributed by atoms with Crippen molar-refractivity contribution in [3.05, 3.63) is 11.8 Å². The Balaban J connectivity index is 2.44. The van der Waals surface area contributed by atoms with Gasteiger partial charge in [-0.15, -0.1) is 0 Å². The van der Waals surface area contributed by atoms with Crippen molar-refractivity contribution in [3.8, 4) is 0 Å². The Kier molecular flexibility index (Phi) is 6.40. The summed E-state index contributed by atoms with van der Waals surface area (Å²) in [7, 11) is 0. The predicted molar refractivity (Wildman–Crippen MR) is 95.3 cm³/mol. The average Bonchev–Trinajstić information content (AvgIpc) is 2.72. The molecule has 0 aromatic heterocycles. The monoisotopic (exact) mass is 334 g/mol. The van der Waals surface area contributed by atoms with Gasteiger partial charge in [0, 0.05) is 6.21 Å². The topological polar surface area (TPSA) is 91.7 Å². The van der Waals surface area contributed by atoms with Crippen molar-refractivity contribution in [2.45, 2.75) is 58.4 Å². The number of nitrogens with two attached hydrogens (primary N) is 1. The van der Waals surface area contributed by atoms with Crippen LogP contribution in [0.2, 0.25) is 0 Å². The largest absolute Gasteiger partial charge is 0.369 e. The van der Waals surface area contributed by atoms with Gasteiger partial charge >= 0.3 is 0 Å². The number of hydrogen-bond donors (Lipinski definition) is 2. The number of nitrogens with one attached hydrogen (secondary N) is 1. The van der Waals surface area contributed by atoms with Crippen LogP contribution in [0.3, 0.4) is 0 Å². The van der Waals surface area contributed by atoms with Crippen LogP contribution in [0.5, 0.6) is 0 Å². The minimum atomic E-state index is -1.45. The molecule has 3 N–H and O–H groups in total. The molecule has 1 aliphatic heterocycles. The third kappa shape index (κ3) is 4.58. The van der Waals surface area contributed by atoms with Crippen molar-refractivity contribution in [3.63, 3.8) is 0 Å². The first-order chi connectivity index (χ1) is 11.4. The first kappa shape index (κ1) is 18.5. The van der Waals surface area contributed by atoms with E-state index in [1.54, 1.807) is 6.21 Å². The Labute approximate surface area is 142 Å². The summed E-state index contributed by atoms with van der Waals surface area (Å²) in [5.41, 5.74) is 6.08. The highest BCUT2D eigenvalue weighted by molar-refractivity contribution is 6.24. The van der Waals surface area contributed by atoms with Gasteiger partial charge in [-0.3, -0.25) is 20.2 Å². The number of carbonyl (C=O) groups excluding carboxylic acids is 1. The standard InChI is InChI=1S/C18H27FN4O/c1-11-7-8-14(22-10-9-11)16(15(17(19)20)18(21)24)23-13-6-4-3-5-12(13)2/h8,10-13,15,20H,3-7,9H2,1-2H3,(H2,21,24). The van der Waals surface area contributed by atoms with Gasteiger partial charge in [0.15, 0.2) is 11.9 Å². The molecule has 24 heavy (non-hydrogen) atoms. The summed E-state index contributed by atoms with van der Waals surface area (Å²) < 4.78 is 13.8. The van der Waals surface area contributed by atoms with Crippen molar-refractivity contribution in [1.82, 2.24) is 0 Å². The number of halogens is 1. The smallest absolute Gasteiger partial charge is 0.235 e. The van der Waals surface area contributed by atoms with Crippen molar-refractivity contribution in [1.29, 1.82) is 5.41 Å². The maximum Gasteiger partial charge on any atom is 0.235 e. The Morgan fingerprint density at radius 3 is 2.71 bits per heavy atom. The Bertz CT molecular complexity index is 568. The van der Waals surface area contributed by atoms with Crippen molar-refractivity contribution in [2.24, 2.45) is 33.5 Å². The normalized spacial score (nSPS) is 29.5. The van der Waals surface area contributed by atoms with Crippen LogP contribution in [0.4, 0.5) is 4.39 Å². The number of amides is 1. The van der Waals surface area contributed by atoms with Gasteiger partial charge in [-0.2, -0.15) is 4.39 Å². The minimum absolute atomic E-state index is 0.0201. The van der Waals surface area contributed by atoms with E-state index in [0.717, 1.165) is 32.1 Å². The van der Waals surface area contributed by atoms with Crippen LogP contribution in [0.1, 0.15) is 52.4 Å². The first-order valence-electron chi connectivity index (χ1n) is 8.74. The molecule has 2 aliphatic rings. The highest BCUT2D eigenvalue weighted by Gasteiger charge is 2.32. The third-order valence-corrected chi connectivity index (χ3v) is 4.90. The number of rotatable bonds is 5. The molecule has 4 unspecified atom stereocenters. The van der Waals surface area contributed by atoms with Gasteiger partial charge in [0.25, 0.3) is 0 Å². The van der Waals surface area contributed by atoms with Gasteiger partial charge < -0.3 is 5.73 Å². The maximum absolute atomic E-state index is 13.8. The van der Waals surface area contributed by atoms with Crippen molar-refractivity contribution < 1.29 is 9.18 Å². The van der Waals surface area contributed by atoms with E-state index in [0.29, 0.717) is 17.5 Å². The average molecular weight is 334 g/mol. The highest BCUT2D eigenvalue weighted by atomic mass is 19.1. The second-order valence-electron chi connectivity index (χ2n) is 7.00. The van der Waals surface area contributed by atoms with E-state index in [4.69, 9.17) is 16.1 Å². The van der Waals surface area contributed by atoms with E-state index in [1.807, 2.05) is 6.08 Å². The van der Waals surface area contributed by atoms with Crippen LogP contribution in [-0.2, 0) is 4.79 Å². The molecule has 1 fully saturated rings. The summed E-state index contributed by atoms with van der Waals surface area (Å²) in [6.45, 7) is 4.23. The molecule has 4 atom stereocenters. The van der Waals surface area contributed by atoms with Crippen LogP contribution in [0.25, 0.3) is 0 Å². The second kappa shape index (κ2) is 8.31. The van der Waals surface area contributed by atoms with Crippen LogP contribution in [0.15, 0.2) is 21.8 Å². The summed E-state index contributed by atoms with van der Waals surface area (Å²) >= 11 is 0. The fraction of sp³-hybridized carbons (Fsp3) is 0.667. The molecule has 0 radical (unpaired) electrons. The fourth-order valence-corrected chi connectivity index (χ4v) is 3.30. The SMILES string of the molecule is CC1CC=NC(C(=NC2CCCCC2C)C(C(=N)F)C(N)=O)=CC1. The summed E-state index contributed by atoms with van der Waals surface area (Å²) in [6, 6.07) is 0.0201. The summed E-state index contributed by atoms with van der Waals surface area (Å²) in [5, 5.41) is 7.37. The summed E-state index contributed by atoms with van der Waals surface area (Å²) in [4.78, 5) is 20.9. The zero-order chi connectivity index (χ0) is 17.7. The van der Waals surface area contributed by atoms with E-state index in [1.165, 1.54) is 6.42 Å². The molecule has 0 aromatic rings. The van der Waals surface area contributed by atoms with Gasteiger partial charge in [-0.25, -0.2) is 0 Å². The number of primary amides is 1. The van der Waals surface area contributed by atoms with E-state index in [9.17, 15) is 9.18 Å². The fourth-order valence-electron chi connectivity index (χ4n) is 3.30. The molecular formula is C18H27FN4O. The predicted octanol–water partition coefficient (Wildman–Crippen LogP) is 3.44. The number of aliphatic imine (C=N–C) groups is 2. The first-order valence-corrected chi connectivity index (χ1v) is 8.74. The lowest BCUT2D eigenvalue weighted by Crippen LogP contribution is -2.37. The lowest BCUT2D eigenvalue weighted by atomic mass is 9.85. The molecular weight excluding hydrogens is 307 g/mol. The number of nitrogens with zero attached hydrogens (tertiary/aromatic N) is 2. The van der Waals surface area contributed by atoms with E-state index in [2.05, 4.69) is 18.8 Å². The Hall–Kier alpha value is -1.85. The van der Waals surface area contributed by atoms with E-state index >= 15 is 0 Å². The molecule has 1 amide bonds. The Morgan fingerprint density at radius 2 is 2.08 bits per heavy atom. The van der Waals surface area contributed by atoms with Crippen LogP contribution < -0.4 is 5.73 Å². The number of hydrogen-bond acceptors (Lipinski definition) is 4. The molecule has 0 saturated heterocycles. The van der Waals surface area contributed by atoms with Crippen LogP contribution in [-0.4, -0.2) is 29.8 Å². The van der Waals surface area contributed by atoms with Gasteiger partial charge in [0.1, 0.15) is 0 Å². The molecule has 0 spiro atoms. The van der Waals surface area contributed by atoms with Gasteiger partial charge in [-0.05, 0) is 37.5 Å². The molecule has 2 rings (SSSR count). The quantitative estimate of drug-likeness (QED) is 0.741. The van der Waals surface area contributed by atoms with Gasteiger partial charge in [0.2, 0.25) is 5.91 Å². The zero-order valence-electron chi connectivity index (χ0n) is 14.5. The Morgan fingerprint density at radius 1 is 1.38 bits per heavy atom. The molecule has 132 valence electrons. The third-order valence-electron chi connectivity index (χ3n) is 4.90. The van der Waals surface area contributed by atoms with Crippen molar-refractivity contribution >= 4 is 23.8 Å². The lowest BCUT2D eigenvalue weighted by Gasteiger charge is -2.27. The second-order valence-corrected chi connectivity index (χ2v) is 7.00. The number of carbonyl (C=O) groups is 1. The van der Waals surface area contributed by atoms with Crippen LogP contribution in [0, 0.1) is 23.2 Å². The highest BCUT2D eigenvalue weighted by Crippen LogP contribution is 2.28. The maximum atomic E-state index is 13.8. The van der Waals surface area contributed by atoms with Gasteiger partial charge in [-0.1, -0.05) is 32.8 Å².